The Hall–Kier alpha value is -5.25. The zero-order valence-electron chi connectivity index (χ0n) is 30.6. The molecule has 0 saturated heterocycles. The van der Waals surface area contributed by atoms with Gasteiger partial charge < -0.3 is 19.9 Å². The lowest BCUT2D eigenvalue weighted by Gasteiger charge is -2.27. The number of carbonyl (C=O) groups is 4. The number of esters is 1. The molecule has 0 radical (unpaired) electrons. The summed E-state index contributed by atoms with van der Waals surface area (Å²) in [5.41, 5.74) is 2.88. The van der Waals surface area contributed by atoms with Crippen LogP contribution in [0, 0.1) is 12.8 Å². The number of hydrogen-bond acceptors (Lipinski definition) is 8. The molecule has 10 heteroatoms. The van der Waals surface area contributed by atoms with Gasteiger partial charge in [0.2, 0.25) is 5.91 Å². The number of phenols is 1. The van der Waals surface area contributed by atoms with Gasteiger partial charge in [-0.05, 0) is 85.9 Å². The van der Waals surface area contributed by atoms with Gasteiger partial charge in [0.05, 0.1) is 19.6 Å². The number of rotatable bonds is 14. The van der Waals surface area contributed by atoms with E-state index in [2.05, 4.69) is 10.3 Å². The minimum Gasteiger partial charge on any atom is -0.507 e. The minimum atomic E-state index is -0.777. The van der Waals surface area contributed by atoms with Crippen LogP contribution in [0.5, 0.6) is 5.75 Å². The zero-order chi connectivity index (χ0) is 37.3. The molecule has 2 amide bonds. The SMILES string of the molecule is COC(=O)C[C@H](CC(=O)[C@H](NC(=O)CCCN(C(=O)OC(C)(C)C)c1cc(C)ccn1)C(C)C)c1ccc(-c2ccc(O)c3ccccc23)cc1. The summed E-state index contributed by atoms with van der Waals surface area (Å²) in [5, 5.41) is 14.9. The molecule has 270 valence electrons. The molecule has 0 aliphatic carbocycles. The Kier molecular flexibility index (Phi) is 12.9. The number of aromatic hydroxyl groups is 1. The minimum absolute atomic E-state index is 0.00398. The highest BCUT2D eigenvalue weighted by atomic mass is 16.6. The van der Waals surface area contributed by atoms with Crippen molar-refractivity contribution in [3.63, 3.8) is 0 Å². The third-order valence-corrected chi connectivity index (χ3v) is 8.59. The number of aryl methyl sites for hydroxylation is 1. The van der Waals surface area contributed by atoms with E-state index in [1.54, 1.807) is 39.1 Å². The van der Waals surface area contributed by atoms with E-state index in [0.717, 1.165) is 33.0 Å². The largest absolute Gasteiger partial charge is 0.507 e. The summed E-state index contributed by atoms with van der Waals surface area (Å²) in [7, 11) is 1.32. The highest BCUT2D eigenvalue weighted by Gasteiger charge is 2.29. The van der Waals surface area contributed by atoms with Crippen LogP contribution in [0.25, 0.3) is 21.9 Å². The summed E-state index contributed by atoms with van der Waals surface area (Å²) in [5.74, 6) is -1.00. The Balaban J connectivity index is 1.45. The average Bonchev–Trinajstić information content (AvgIpc) is 3.08. The van der Waals surface area contributed by atoms with Crippen LogP contribution in [0.1, 0.15) is 77.3 Å². The Morgan fingerprint density at radius 2 is 1.61 bits per heavy atom. The van der Waals surface area contributed by atoms with Crippen LogP contribution in [0.15, 0.2) is 79.0 Å². The molecule has 2 atom stereocenters. The Morgan fingerprint density at radius 3 is 2.24 bits per heavy atom. The van der Waals surface area contributed by atoms with Gasteiger partial charge in [0.25, 0.3) is 0 Å². The van der Waals surface area contributed by atoms with E-state index < -0.39 is 29.6 Å². The number of nitrogens with one attached hydrogen (secondary N) is 1. The zero-order valence-corrected chi connectivity index (χ0v) is 30.6. The molecule has 51 heavy (non-hydrogen) atoms. The van der Waals surface area contributed by atoms with Gasteiger partial charge >= 0.3 is 12.1 Å². The van der Waals surface area contributed by atoms with Crippen molar-refractivity contribution in [2.75, 3.05) is 18.6 Å². The number of anilines is 1. The van der Waals surface area contributed by atoms with Crippen LogP contribution < -0.4 is 10.2 Å². The molecule has 0 aliphatic rings. The van der Waals surface area contributed by atoms with E-state index >= 15 is 0 Å². The Labute approximate surface area is 300 Å². The molecule has 4 rings (SSSR count). The molecule has 1 heterocycles. The number of phenolic OH excluding ortho intramolecular Hbond substituents is 1. The van der Waals surface area contributed by atoms with Crippen LogP contribution >= 0.6 is 0 Å². The van der Waals surface area contributed by atoms with Gasteiger partial charge in [0.15, 0.2) is 5.78 Å². The first-order valence-electron chi connectivity index (χ1n) is 17.3. The van der Waals surface area contributed by atoms with Gasteiger partial charge in [-0.2, -0.15) is 0 Å². The fourth-order valence-corrected chi connectivity index (χ4v) is 5.98. The molecule has 0 saturated carbocycles. The van der Waals surface area contributed by atoms with E-state index in [4.69, 9.17) is 9.47 Å². The number of ether oxygens (including phenoxy) is 2. The molecular weight excluding hydrogens is 646 g/mol. The molecular formula is C41H49N3O7. The summed E-state index contributed by atoms with van der Waals surface area (Å²) in [4.78, 5) is 58.3. The molecule has 0 aliphatic heterocycles. The number of benzene rings is 3. The van der Waals surface area contributed by atoms with Crippen LogP contribution in [0.3, 0.4) is 0 Å². The number of hydrogen-bond donors (Lipinski definition) is 2. The number of fused-ring (bicyclic) bond motifs is 1. The summed E-state index contributed by atoms with van der Waals surface area (Å²) < 4.78 is 10.6. The maximum absolute atomic E-state index is 13.8. The van der Waals surface area contributed by atoms with Gasteiger partial charge in [0, 0.05) is 36.9 Å². The lowest BCUT2D eigenvalue weighted by molar-refractivity contribution is -0.141. The Bertz CT molecular complexity index is 1850. The lowest BCUT2D eigenvalue weighted by atomic mass is 9.85. The normalized spacial score (nSPS) is 12.6. The first-order valence-corrected chi connectivity index (χ1v) is 17.3. The van der Waals surface area contributed by atoms with E-state index in [1.165, 1.54) is 12.0 Å². The topological polar surface area (TPSA) is 135 Å². The van der Waals surface area contributed by atoms with Crippen molar-refractivity contribution in [2.24, 2.45) is 5.92 Å². The fourth-order valence-electron chi connectivity index (χ4n) is 5.98. The second kappa shape index (κ2) is 17.1. The highest BCUT2D eigenvalue weighted by molar-refractivity contribution is 6.00. The van der Waals surface area contributed by atoms with Crippen LogP contribution in [0.2, 0.25) is 0 Å². The fraction of sp³-hybridized carbons (Fsp3) is 0.390. The van der Waals surface area contributed by atoms with Gasteiger partial charge in [-0.3, -0.25) is 19.3 Å². The van der Waals surface area contributed by atoms with Gasteiger partial charge in [0.1, 0.15) is 17.2 Å². The molecule has 3 aromatic carbocycles. The third kappa shape index (κ3) is 10.6. The predicted molar refractivity (Wildman–Crippen MR) is 199 cm³/mol. The molecule has 4 aromatic rings. The monoisotopic (exact) mass is 695 g/mol. The van der Waals surface area contributed by atoms with Crippen molar-refractivity contribution in [2.45, 2.75) is 84.8 Å². The van der Waals surface area contributed by atoms with Gasteiger partial charge in [-0.1, -0.05) is 68.4 Å². The second-order valence-electron chi connectivity index (χ2n) is 14.2. The smallest absolute Gasteiger partial charge is 0.416 e. The molecule has 1 aromatic heterocycles. The number of carbonyl (C=O) groups excluding carboxylic acids is 4. The van der Waals surface area contributed by atoms with Crippen LogP contribution in [-0.2, 0) is 23.9 Å². The van der Waals surface area contributed by atoms with Crippen molar-refractivity contribution >= 4 is 40.3 Å². The molecule has 0 bridgehead atoms. The molecule has 0 spiro atoms. The van der Waals surface area contributed by atoms with E-state index in [0.29, 0.717) is 12.2 Å². The average molecular weight is 696 g/mol. The van der Waals surface area contributed by atoms with Crippen molar-refractivity contribution < 1.29 is 33.8 Å². The number of Topliss-reactive ketones (excluding diaryl/α,β-unsaturated/α-hetero) is 1. The number of ketones is 1. The first-order chi connectivity index (χ1) is 24.2. The maximum atomic E-state index is 13.8. The number of amides is 2. The van der Waals surface area contributed by atoms with Crippen LogP contribution in [-0.4, -0.2) is 59.1 Å². The van der Waals surface area contributed by atoms with E-state index in [1.807, 2.05) is 81.4 Å². The third-order valence-electron chi connectivity index (χ3n) is 8.59. The summed E-state index contributed by atoms with van der Waals surface area (Å²) in [6.07, 6.45) is 1.46. The second-order valence-corrected chi connectivity index (χ2v) is 14.2. The van der Waals surface area contributed by atoms with E-state index in [-0.39, 0.29) is 49.2 Å². The van der Waals surface area contributed by atoms with Crippen molar-refractivity contribution in [1.29, 1.82) is 0 Å². The molecule has 2 N–H and O–H groups in total. The maximum Gasteiger partial charge on any atom is 0.416 e. The molecule has 0 fully saturated rings. The molecule has 0 unspecified atom stereocenters. The van der Waals surface area contributed by atoms with E-state index in [9.17, 15) is 24.3 Å². The van der Waals surface area contributed by atoms with Gasteiger partial charge in [-0.25, -0.2) is 9.78 Å². The lowest BCUT2D eigenvalue weighted by Crippen LogP contribution is -2.45. The number of pyridine rings is 1. The number of methoxy groups -OCH3 is 1. The van der Waals surface area contributed by atoms with Crippen molar-refractivity contribution in [3.05, 3.63) is 90.1 Å². The predicted octanol–water partition coefficient (Wildman–Crippen LogP) is 7.88. The summed E-state index contributed by atoms with van der Waals surface area (Å²) in [6, 6.07) is 21.7. The standard InChI is InChI=1S/C41H49N3O7/c1-26(2)39(43-37(47)13-10-22-44(40(49)51-41(4,5)6)36-23-27(3)20-21-42-36)35(46)24-30(25-38(48)50-7)28-14-16-29(17-15-28)31-18-19-34(45)33-12-9-8-11-32(31)33/h8-9,11-12,14-21,23,26,30,39,45H,10,13,22,24-25H2,1-7H3,(H,43,47)/t30-,39+/m0/s1. The highest BCUT2D eigenvalue weighted by Crippen LogP contribution is 2.35. The van der Waals surface area contributed by atoms with Crippen LogP contribution in [0.4, 0.5) is 10.6 Å². The summed E-state index contributed by atoms with van der Waals surface area (Å²) in [6.45, 7) is 11.2. The van der Waals surface area contributed by atoms with Crippen molar-refractivity contribution in [1.82, 2.24) is 10.3 Å². The first kappa shape index (κ1) is 38.6. The van der Waals surface area contributed by atoms with Crippen molar-refractivity contribution in [3.8, 4) is 16.9 Å². The Morgan fingerprint density at radius 1 is 0.922 bits per heavy atom. The molecule has 10 nitrogen and oxygen atoms in total. The van der Waals surface area contributed by atoms with Gasteiger partial charge in [-0.15, -0.1) is 0 Å². The quantitative estimate of drug-likeness (QED) is 0.127. The number of nitrogens with zero attached hydrogens (tertiary/aromatic N) is 2. The number of aromatic nitrogens is 1. The summed E-state index contributed by atoms with van der Waals surface area (Å²) >= 11 is 0.